The fourth-order valence-electron chi connectivity index (χ4n) is 2.88. The Balaban J connectivity index is 1.85. The van der Waals surface area contributed by atoms with Gasteiger partial charge in [0.1, 0.15) is 0 Å². The first kappa shape index (κ1) is 19.4. The molecule has 0 saturated carbocycles. The number of nitrogens with zero attached hydrogens (tertiary/aromatic N) is 3. The fraction of sp³-hybridized carbons (Fsp3) is 0.667. The molecule has 1 aromatic rings. The third kappa shape index (κ3) is 5.53. The van der Waals surface area contributed by atoms with Crippen LogP contribution in [0.25, 0.3) is 0 Å². The number of carbonyl (C=O) groups is 1. The van der Waals surface area contributed by atoms with Gasteiger partial charge >= 0.3 is 6.18 Å². The van der Waals surface area contributed by atoms with E-state index in [0.717, 1.165) is 32.1 Å². The van der Waals surface area contributed by atoms with Crippen LogP contribution in [0, 0.1) is 5.92 Å². The lowest BCUT2D eigenvalue weighted by Gasteiger charge is -2.31. The van der Waals surface area contributed by atoms with Gasteiger partial charge in [-0.25, -0.2) is 9.97 Å². The maximum absolute atomic E-state index is 12.9. The summed E-state index contributed by atoms with van der Waals surface area (Å²) in [6, 6.07) is 0. The number of hydrogen-bond acceptors (Lipinski definition) is 6. The van der Waals surface area contributed by atoms with Crippen molar-refractivity contribution in [1.29, 1.82) is 0 Å². The summed E-state index contributed by atoms with van der Waals surface area (Å²) >= 11 is 0. The van der Waals surface area contributed by atoms with E-state index in [4.69, 9.17) is 5.73 Å². The Labute approximate surface area is 143 Å². The number of aromatic nitrogens is 2. The van der Waals surface area contributed by atoms with E-state index in [1.165, 1.54) is 0 Å². The normalized spacial score (nSPS) is 19.0. The van der Waals surface area contributed by atoms with Crippen LogP contribution >= 0.6 is 0 Å². The molecule has 1 amide bonds. The number of anilines is 1. The molecule has 1 saturated heterocycles. The van der Waals surface area contributed by atoms with Crippen LogP contribution in [0.3, 0.4) is 0 Å². The molecule has 0 bridgehead atoms. The minimum Gasteiger partial charge on any atom is -0.396 e. The molecule has 140 valence electrons. The fourth-order valence-corrected chi connectivity index (χ4v) is 2.88. The molecule has 0 radical (unpaired) electrons. The zero-order valence-corrected chi connectivity index (χ0v) is 13.7. The van der Waals surface area contributed by atoms with Crippen molar-refractivity contribution in [2.45, 2.75) is 25.4 Å². The maximum Gasteiger partial charge on any atom is 0.434 e. The van der Waals surface area contributed by atoms with Crippen LogP contribution in [0.2, 0.25) is 0 Å². The highest BCUT2D eigenvalue weighted by Crippen LogP contribution is 2.30. The van der Waals surface area contributed by atoms with Crippen molar-refractivity contribution in [3.05, 3.63) is 17.5 Å². The van der Waals surface area contributed by atoms with Gasteiger partial charge in [0.2, 0.25) is 5.95 Å². The quantitative estimate of drug-likeness (QED) is 0.651. The smallest absolute Gasteiger partial charge is 0.396 e. The molecule has 0 aliphatic carbocycles. The van der Waals surface area contributed by atoms with E-state index in [2.05, 4.69) is 20.2 Å². The molecular weight excluding hydrogens is 339 g/mol. The van der Waals surface area contributed by atoms with Crippen LogP contribution in [0.15, 0.2) is 6.20 Å². The zero-order chi connectivity index (χ0) is 18.4. The minimum atomic E-state index is -4.78. The van der Waals surface area contributed by atoms with Crippen molar-refractivity contribution in [3.8, 4) is 0 Å². The van der Waals surface area contributed by atoms with Crippen molar-refractivity contribution >= 4 is 11.9 Å². The Bertz CT molecular complexity index is 597. The summed E-state index contributed by atoms with van der Waals surface area (Å²) in [5.74, 6) is -1.14. The predicted octanol–water partition coefficient (Wildman–Crippen LogP) is 0.902. The lowest BCUT2D eigenvalue weighted by Crippen LogP contribution is -2.38. The number of rotatable bonds is 6. The summed E-state index contributed by atoms with van der Waals surface area (Å²) in [4.78, 5) is 20.8. The number of alkyl halides is 3. The van der Waals surface area contributed by atoms with Crippen molar-refractivity contribution in [2.24, 2.45) is 5.92 Å². The molecule has 4 N–H and O–H groups in total. The predicted molar refractivity (Wildman–Crippen MR) is 84.6 cm³/mol. The number of likely N-dealkylation sites (tertiary alicyclic amines) is 1. The monoisotopic (exact) mass is 361 g/mol. The molecule has 10 heteroatoms. The lowest BCUT2D eigenvalue weighted by molar-refractivity contribution is -0.141. The number of nitrogens with one attached hydrogen (secondary N) is 1. The number of hydrogen-bond donors (Lipinski definition) is 3. The van der Waals surface area contributed by atoms with Crippen molar-refractivity contribution < 1.29 is 23.1 Å². The maximum atomic E-state index is 12.9. The van der Waals surface area contributed by atoms with Gasteiger partial charge in [0.25, 0.3) is 5.91 Å². The van der Waals surface area contributed by atoms with Crippen LogP contribution < -0.4 is 11.1 Å². The third-order valence-corrected chi connectivity index (χ3v) is 4.12. The Morgan fingerprint density at radius 2 is 2.24 bits per heavy atom. The van der Waals surface area contributed by atoms with Gasteiger partial charge in [0.15, 0.2) is 5.69 Å². The second-order valence-electron chi connectivity index (χ2n) is 6.09. The van der Waals surface area contributed by atoms with Crippen LogP contribution in [0.1, 0.15) is 35.3 Å². The van der Waals surface area contributed by atoms with E-state index in [-0.39, 0.29) is 19.1 Å². The van der Waals surface area contributed by atoms with Crippen molar-refractivity contribution in [2.75, 3.05) is 38.5 Å². The summed E-state index contributed by atoms with van der Waals surface area (Å²) < 4.78 is 38.8. The van der Waals surface area contributed by atoms with Gasteiger partial charge in [0, 0.05) is 25.9 Å². The SMILES string of the molecule is Nc1ncc(C(=O)NCCCN2CCCC(CO)C2)c(C(F)(F)F)n1. The first-order valence-corrected chi connectivity index (χ1v) is 8.12. The molecular formula is C15H22F3N5O2. The van der Waals surface area contributed by atoms with Crippen LogP contribution in [0.5, 0.6) is 0 Å². The van der Waals surface area contributed by atoms with Crippen LogP contribution in [0.4, 0.5) is 19.1 Å². The standard InChI is InChI=1S/C15H22F3N5O2/c16-15(17,18)12-11(7-21-14(19)22-12)13(25)20-4-2-6-23-5-1-3-10(8-23)9-24/h7,10,24H,1-6,8-9H2,(H,20,25)(H2,19,21,22). The molecule has 1 aliphatic rings. The van der Waals surface area contributed by atoms with E-state index >= 15 is 0 Å². The van der Waals surface area contributed by atoms with E-state index in [1.807, 2.05) is 0 Å². The van der Waals surface area contributed by atoms with Gasteiger partial charge in [-0.05, 0) is 38.3 Å². The molecule has 1 fully saturated rings. The molecule has 1 aliphatic heterocycles. The van der Waals surface area contributed by atoms with Gasteiger partial charge in [-0.15, -0.1) is 0 Å². The average Bonchev–Trinajstić information content (AvgIpc) is 2.58. The highest BCUT2D eigenvalue weighted by molar-refractivity contribution is 5.95. The molecule has 2 heterocycles. The number of nitrogen functional groups attached to an aromatic ring is 1. The summed E-state index contributed by atoms with van der Waals surface area (Å²) in [7, 11) is 0. The number of aliphatic hydroxyl groups is 1. The molecule has 1 atom stereocenters. The van der Waals surface area contributed by atoms with Gasteiger partial charge in [0.05, 0.1) is 5.56 Å². The molecule has 25 heavy (non-hydrogen) atoms. The lowest BCUT2D eigenvalue weighted by atomic mass is 9.99. The summed E-state index contributed by atoms with van der Waals surface area (Å²) in [6.45, 7) is 2.83. The van der Waals surface area contributed by atoms with E-state index in [1.54, 1.807) is 0 Å². The second-order valence-corrected chi connectivity index (χ2v) is 6.09. The molecule has 2 rings (SSSR count). The molecule has 0 aromatic carbocycles. The Morgan fingerprint density at radius 1 is 1.48 bits per heavy atom. The number of piperidine rings is 1. The highest BCUT2D eigenvalue weighted by atomic mass is 19.4. The van der Waals surface area contributed by atoms with Crippen LogP contribution in [-0.4, -0.2) is 58.7 Å². The third-order valence-electron chi connectivity index (χ3n) is 4.12. The van der Waals surface area contributed by atoms with Crippen LogP contribution in [-0.2, 0) is 6.18 Å². The summed E-state index contributed by atoms with van der Waals surface area (Å²) in [5, 5.41) is 11.7. The number of amides is 1. The van der Waals surface area contributed by atoms with Crippen molar-refractivity contribution in [3.63, 3.8) is 0 Å². The highest BCUT2D eigenvalue weighted by Gasteiger charge is 2.37. The molecule has 1 unspecified atom stereocenters. The van der Waals surface area contributed by atoms with Crippen molar-refractivity contribution in [1.82, 2.24) is 20.2 Å². The molecule has 1 aromatic heterocycles. The number of carbonyl (C=O) groups excluding carboxylic acids is 1. The number of halogens is 3. The number of nitrogens with two attached hydrogens (primary N) is 1. The van der Waals surface area contributed by atoms with E-state index in [9.17, 15) is 23.1 Å². The first-order valence-electron chi connectivity index (χ1n) is 8.12. The number of aliphatic hydroxyl groups excluding tert-OH is 1. The summed E-state index contributed by atoms with van der Waals surface area (Å²) in [6.07, 6.45) is -1.38. The Morgan fingerprint density at radius 3 is 2.92 bits per heavy atom. The molecule has 7 nitrogen and oxygen atoms in total. The van der Waals surface area contributed by atoms with Gasteiger partial charge < -0.3 is 21.1 Å². The van der Waals surface area contributed by atoms with Gasteiger partial charge in [-0.1, -0.05) is 0 Å². The molecule has 0 spiro atoms. The average molecular weight is 361 g/mol. The second kappa shape index (κ2) is 8.43. The zero-order valence-electron chi connectivity index (χ0n) is 13.7. The summed E-state index contributed by atoms with van der Waals surface area (Å²) in [5.41, 5.74) is 3.20. The van der Waals surface area contributed by atoms with E-state index in [0.29, 0.717) is 13.0 Å². The largest absolute Gasteiger partial charge is 0.434 e. The minimum absolute atomic E-state index is 0.157. The Kier molecular flexibility index (Phi) is 6.54. The van der Waals surface area contributed by atoms with E-state index < -0.39 is 29.3 Å². The first-order chi connectivity index (χ1) is 11.8. The Hall–Kier alpha value is -1.94. The topological polar surface area (TPSA) is 104 Å². The van der Waals surface area contributed by atoms with Gasteiger partial charge in [-0.2, -0.15) is 13.2 Å². The van der Waals surface area contributed by atoms with Gasteiger partial charge in [-0.3, -0.25) is 4.79 Å².